The third-order valence-electron chi connectivity index (χ3n) is 3.31. The van der Waals surface area contributed by atoms with Gasteiger partial charge in [0.2, 0.25) is 0 Å². The lowest BCUT2D eigenvalue weighted by Crippen LogP contribution is -2.08. The molecule has 0 saturated heterocycles. The number of fused-ring (bicyclic) bond motifs is 3. The van der Waals surface area contributed by atoms with Gasteiger partial charge in [0, 0.05) is 11.6 Å². The summed E-state index contributed by atoms with van der Waals surface area (Å²) in [6.45, 7) is 0.595. The maximum Gasteiger partial charge on any atom is 0.155 e. The van der Waals surface area contributed by atoms with Gasteiger partial charge in [-0.1, -0.05) is 12.1 Å². The molecular weight excluding hydrogens is 214 g/mol. The van der Waals surface area contributed by atoms with E-state index in [4.69, 9.17) is 4.74 Å². The standard InChI is InChI=1S/C13H13N3O/c1-2-4-11-9(3-1)12-10(7-17-11)13(16-15-12)14-8-5-6-8/h1-4,8H,5-7H2,(H2,14,15,16). The molecule has 1 aliphatic carbocycles. The lowest BCUT2D eigenvalue weighted by atomic mass is 10.0. The molecule has 1 aromatic carbocycles. The van der Waals surface area contributed by atoms with Gasteiger partial charge in [-0.25, -0.2) is 0 Å². The van der Waals surface area contributed by atoms with Gasteiger partial charge in [-0.3, -0.25) is 5.10 Å². The molecule has 0 unspecified atom stereocenters. The fourth-order valence-corrected chi connectivity index (χ4v) is 2.22. The van der Waals surface area contributed by atoms with Crippen LogP contribution in [0.1, 0.15) is 18.4 Å². The van der Waals surface area contributed by atoms with Crippen molar-refractivity contribution in [3.05, 3.63) is 29.8 Å². The summed E-state index contributed by atoms with van der Waals surface area (Å²) < 4.78 is 5.75. The lowest BCUT2D eigenvalue weighted by Gasteiger charge is -2.17. The van der Waals surface area contributed by atoms with Gasteiger partial charge in [0.1, 0.15) is 12.4 Å². The summed E-state index contributed by atoms with van der Waals surface area (Å²) in [4.78, 5) is 0. The molecule has 1 saturated carbocycles. The first-order valence-corrected chi connectivity index (χ1v) is 5.98. The van der Waals surface area contributed by atoms with Crippen LogP contribution in [0.15, 0.2) is 24.3 Å². The predicted octanol–water partition coefficient (Wildman–Crippen LogP) is 2.54. The molecule has 2 N–H and O–H groups in total. The molecule has 0 amide bonds. The highest BCUT2D eigenvalue weighted by atomic mass is 16.5. The highest BCUT2D eigenvalue weighted by molar-refractivity contribution is 5.75. The van der Waals surface area contributed by atoms with Crippen molar-refractivity contribution in [2.45, 2.75) is 25.5 Å². The molecule has 1 fully saturated rings. The number of benzene rings is 1. The van der Waals surface area contributed by atoms with E-state index in [2.05, 4.69) is 21.6 Å². The number of hydrogen-bond acceptors (Lipinski definition) is 3. The molecule has 17 heavy (non-hydrogen) atoms. The number of para-hydroxylation sites is 1. The number of H-pyrrole nitrogens is 1. The first-order valence-electron chi connectivity index (χ1n) is 5.98. The fraction of sp³-hybridized carbons (Fsp3) is 0.308. The number of rotatable bonds is 2. The maximum atomic E-state index is 5.75. The molecule has 4 rings (SSSR count). The molecule has 2 heterocycles. The third-order valence-corrected chi connectivity index (χ3v) is 3.31. The van der Waals surface area contributed by atoms with Crippen LogP contribution in [0.5, 0.6) is 5.75 Å². The molecule has 4 heteroatoms. The molecule has 0 spiro atoms. The Labute approximate surface area is 99.0 Å². The monoisotopic (exact) mass is 227 g/mol. The largest absolute Gasteiger partial charge is 0.488 e. The van der Waals surface area contributed by atoms with Crippen LogP contribution >= 0.6 is 0 Å². The number of hydrogen-bond donors (Lipinski definition) is 2. The first-order chi connectivity index (χ1) is 8.42. The van der Waals surface area contributed by atoms with E-state index in [9.17, 15) is 0 Å². The van der Waals surface area contributed by atoms with E-state index in [0.29, 0.717) is 12.6 Å². The zero-order valence-electron chi connectivity index (χ0n) is 9.36. The Morgan fingerprint density at radius 1 is 1.29 bits per heavy atom. The molecule has 4 nitrogen and oxygen atoms in total. The summed E-state index contributed by atoms with van der Waals surface area (Å²) in [5.74, 6) is 1.89. The quantitative estimate of drug-likeness (QED) is 0.829. The first kappa shape index (κ1) is 9.10. The second-order valence-electron chi connectivity index (χ2n) is 4.63. The average Bonchev–Trinajstić information content (AvgIpc) is 3.09. The van der Waals surface area contributed by atoms with Crippen LogP contribution in [-0.4, -0.2) is 16.2 Å². The molecule has 2 aliphatic rings. The number of aromatic amines is 1. The van der Waals surface area contributed by atoms with E-state index >= 15 is 0 Å². The minimum absolute atomic E-state index is 0.595. The Morgan fingerprint density at radius 2 is 2.18 bits per heavy atom. The summed E-state index contributed by atoms with van der Waals surface area (Å²) in [6, 6.07) is 8.68. The minimum atomic E-state index is 0.595. The van der Waals surface area contributed by atoms with Gasteiger partial charge < -0.3 is 10.1 Å². The van der Waals surface area contributed by atoms with Crippen LogP contribution < -0.4 is 10.1 Å². The molecule has 86 valence electrons. The van der Waals surface area contributed by atoms with Gasteiger partial charge >= 0.3 is 0 Å². The van der Waals surface area contributed by atoms with Gasteiger partial charge in [0.15, 0.2) is 5.82 Å². The number of nitrogens with zero attached hydrogens (tertiary/aromatic N) is 1. The Bertz CT molecular complexity index is 572. The zero-order chi connectivity index (χ0) is 11.2. The van der Waals surface area contributed by atoms with E-state index in [0.717, 1.165) is 28.4 Å². The zero-order valence-corrected chi connectivity index (χ0v) is 9.36. The molecule has 0 radical (unpaired) electrons. The Morgan fingerprint density at radius 3 is 3.06 bits per heavy atom. The minimum Gasteiger partial charge on any atom is -0.488 e. The average molecular weight is 227 g/mol. The fourth-order valence-electron chi connectivity index (χ4n) is 2.22. The molecule has 1 aliphatic heterocycles. The highest BCUT2D eigenvalue weighted by Crippen LogP contribution is 2.39. The molecule has 0 bridgehead atoms. The van der Waals surface area contributed by atoms with Crippen LogP contribution in [-0.2, 0) is 6.61 Å². The van der Waals surface area contributed by atoms with Crippen molar-refractivity contribution in [1.82, 2.24) is 10.2 Å². The second kappa shape index (κ2) is 3.26. The number of nitrogens with one attached hydrogen (secondary N) is 2. The van der Waals surface area contributed by atoms with Gasteiger partial charge in [-0.05, 0) is 25.0 Å². The Balaban J connectivity index is 1.80. The van der Waals surface area contributed by atoms with Crippen LogP contribution in [0, 0.1) is 0 Å². The molecule has 0 atom stereocenters. The molecule has 1 aromatic heterocycles. The summed E-state index contributed by atoms with van der Waals surface area (Å²) >= 11 is 0. The summed E-state index contributed by atoms with van der Waals surface area (Å²) in [5.41, 5.74) is 3.34. The van der Waals surface area contributed by atoms with E-state index in [1.54, 1.807) is 0 Å². The van der Waals surface area contributed by atoms with E-state index in [1.807, 2.05) is 18.2 Å². The Hall–Kier alpha value is -1.97. The van der Waals surface area contributed by atoms with Gasteiger partial charge in [-0.2, -0.15) is 5.10 Å². The van der Waals surface area contributed by atoms with E-state index in [-0.39, 0.29) is 0 Å². The summed E-state index contributed by atoms with van der Waals surface area (Å²) in [5, 5.41) is 10.9. The normalized spacial score (nSPS) is 16.9. The maximum absolute atomic E-state index is 5.75. The van der Waals surface area contributed by atoms with Crippen LogP contribution in [0.4, 0.5) is 5.82 Å². The predicted molar refractivity (Wildman–Crippen MR) is 65.0 cm³/mol. The van der Waals surface area contributed by atoms with Crippen molar-refractivity contribution >= 4 is 5.82 Å². The van der Waals surface area contributed by atoms with Crippen molar-refractivity contribution in [3.63, 3.8) is 0 Å². The van der Waals surface area contributed by atoms with Crippen molar-refractivity contribution in [1.29, 1.82) is 0 Å². The van der Waals surface area contributed by atoms with Crippen molar-refractivity contribution < 1.29 is 4.74 Å². The van der Waals surface area contributed by atoms with Crippen molar-refractivity contribution in [2.75, 3.05) is 5.32 Å². The number of ether oxygens (including phenoxy) is 1. The van der Waals surface area contributed by atoms with Gasteiger partial charge in [0.25, 0.3) is 0 Å². The van der Waals surface area contributed by atoms with Gasteiger partial charge in [-0.15, -0.1) is 0 Å². The summed E-state index contributed by atoms with van der Waals surface area (Å²) in [6.07, 6.45) is 2.50. The summed E-state index contributed by atoms with van der Waals surface area (Å²) in [7, 11) is 0. The van der Waals surface area contributed by atoms with Gasteiger partial charge in [0.05, 0.1) is 11.3 Å². The molecule has 2 aromatic rings. The number of anilines is 1. The van der Waals surface area contributed by atoms with Crippen LogP contribution in [0.3, 0.4) is 0 Å². The smallest absolute Gasteiger partial charge is 0.155 e. The van der Waals surface area contributed by atoms with E-state index < -0.39 is 0 Å². The van der Waals surface area contributed by atoms with Crippen LogP contribution in [0.2, 0.25) is 0 Å². The number of aromatic nitrogens is 2. The lowest BCUT2D eigenvalue weighted by molar-refractivity contribution is 0.303. The SMILES string of the molecule is c1ccc2c(c1)OCc1c(NC3CC3)n[nH]c1-2. The topological polar surface area (TPSA) is 49.9 Å². The van der Waals surface area contributed by atoms with Crippen LogP contribution in [0.25, 0.3) is 11.3 Å². The van der Waals surface area contributed by atoms with E-state index in [1.165, 1.54) is 12.8 Å². The second-order valence-corrected chi connectivity index (χ2v) is 4.63. The highest BCUT2D eigenvalue weighted by Gasteiger charge is 2.27. The van der Waals surface area contributed by atoms with Crippen molar-refractivity contribution in [2.24, 2.45) is 0 Å². The Kier molecular flexibility index (Phi) is 1.75. The van der Waals surface area contributed by atoms with Crippen molar-refractivity contribution in [3.8, 4) is 17.0 Å². The molecular formula is C13H13N3O. The third kappa shape index (κ3) is 1.40.